The highest BCUT2D eigenvalue weighted by atomic mass is 16.7. The van der Waals surface area contributed by atoms with Gasteiger partial charge in [0.15, 0.2) is 6.29 Å². The Morgan fingerprint density at radius 1 is 0.909 bits per heavy atom. The topological polar surface area (TPSA) is 198 Å². The first kappa shape index (κ1) is 17.9. The molecule has 22 heavy (non-hydrogen) atoms. The Bertz CT molecular complexity index is 375. The molecule has 4 unspecified atom stereocenters. The van der Waals surface area contributed by atoms with Crippen LogP contribution in [0.1, 0.15) is 6.42 Å². The van der Waals surface area contributed by atoms with Crippen LogP contribution in [0.15, 0.2) is 0 Å². The first-order valence-corrected chi connectivity index (χ1v) is 7.18. The van der Waals surface area contributed by atoms with Crippen molar-refractivity contribution in [3.63, 3.8) is 0 Å². The molecule has 1 aliphatic heterocycles. The van der Waals surface area contributed by atoms with Crippen LogP contribution in [0.25, 0.3) is 0 Å². The second kappa shape index (κ2) is 7.01. The van der Waals surface area contributed by atoms with E-state index in [1.807, 2.05) is 0 Å². The average Bonchev–Trinajstić information content (AvgIpc) is 2.49. The molecule has 10 heteroatoms. The van der Waals surface area contributed by atoms with Crippen LogP contribution in [-0.4, -0.2) is 93.2 Å². The maximum absolute atomic E-state index is 10.0. The van der Waals surface area contributed by atoms with Crippen LogP contribution >= 0.6 is 0 Å². The van der Waals surface area contributed by atoms with Gasteiger partial charge in [0.05, 0.1) is 18.8 Å². The Morgan fingerprint density at radius 2 is 1.55 bits per heavy atom. The second-order valence-corrected chi connectivity index (χ2v) is 5.93. The molecule has 0 aromatic heterocycles. The van der Waals surface area contributed by atoms with Crippen molar-refractivity contribution in [2.75, 3.05) is 6.61 Å². The fraction of sp³-hybridized carbons (Fsp3) is 1.00. The molecule has 10 nitrogen and oxygen atoms in total. The monoisotopic (exact) mass is 323 g/mol. The Kier molecular flexibility index (Phi) is 5.72. The van der Waals surface area contributed by atoms with Crippen LogP contribution in [0.2, 0.25) is 0 Å². The van der Waals surface area contributed by atoms with Crippen LogP contribution in [-0.2, 0) is 9.47 Å². The van der Waals surface area contributed by atoms with Crippen molar-refractivity contribution in [1.82, 2.24) is 0 Å². The minimum atomic E-state index is -1.38. The van der Waals surface area contributed by atoms with Crippen LogP contribution in [0.5, 0.6) is 0 Å². The van der Waals surface area contributed by atoms with Gasteiger partial charge < -0.3 is 52.2 Å². The van der Waals surface area contributed by atoms with E-state index in [1.54, 1.807) is 0 Å². The summed E-state index contributed by atoms with van der Waals surface area (Å²) >= 11 is 0. The molecular weight excluding hydrogens is 298 g/mol. The fourth-order valence-corrected chi connectivity index (χ4v) is 2.85. The Labute approximate surface area is 127 Å². The molecule has 2 rings (SSSR count). The van der Waals surface area contributed by atoms with Gasteiger partial charge >= 0.3 is 0 Å². The number of aliphatic hydroxyl groups is 5. The normalized spacial score (nSPS) is 53.5. The lowest BCUT2D eigenvalue weighted by Gasteiger charge is -2.45. The number of hydrogen-bond acceptors (Lipinski definition) is 10. The van der Waals surface area contributed by atoms with Gasteiger partial charge in [-0.05, 0) is 6.42 Å². The Balaban J connectivity index is 2.08. The van der Waals surface area contributed by atoms with Gasteiger partial charge in [0.25, 0.3) is 0 Å². The predicted octanol–water partition coefficient (Wildman–Crippen LogP) is -5.08. The summed E-state index contributed by atoms with van der Waals surface area (Å²) in [5.41, 5.74) is 17.2. The zero-order valence-electron chi connectivity index (χ0n) is 12.0. The van der Waals surface area contributed by atoms with Crippen molar-refractivity contribution in [2.45, 2.75) is 67.5 Å². The van der Waals surface area contributed by atoms with Crippen LogP contribution in [0.3, 0.4) is 0 Å². The van der Waals surface area contributed by atoms with Crippen LogP contribution < -0.4 is 17.2 Å². The van der Waals surface area contributed by atoms with Crippen molar-refractivity contribution in [1.29, 1.82) is 0 Å². The number of rotatable bonds is 3. The summed E-state index contributed by atoms with van der Waals surface area (Å²) in [6.45, 7) is -0.520. The molecule has 0 aromatic rings. The number of aliphatic hydroxyl groups excluding tert-OH is 5. The van der Waals surface area contributed by atoms with E-state index in [0.29, 0.717) is 0 Å². The largest absolute Gasteiger partial charge is 0.394 e. The molecule has 1 saturated heterocycles. The second-order valence-electron chi connectivity index (χ2n) is 5.93. The number of ether oxygens (including phenoxy) is 2. The summed E-state index contributed by atoms with van der Waals surface area (Å²) in [5, 5.41) is 48.8. The lowest BCUT2D eigenvalue weighted by Crippen LogP contribution is -2.67. The van der Waals surface area contributed by atoms with Gasteiger partial charge in [-0.3, -0.25) is 0 Å². The average molecular weight is 323 g/mol. The molecule has 2 fully saturated rings. The zero-order valence-corrected chi connectivity index (χ0v) is 12.0. The Hall–Kier alpha value is -0.400. The van der Waals surface area contributed by atoms with Crippen molar-refractivity contribution in [2.24, 2.45) is 17.2 Å². The molecule has 0 aromatic carbocycles. The van der Waals surface area contributed by atoms with Crippen molar-refractivity contribution >= 4 is 0 Å². The molecule has 11 N–H and O–H groups in total. The first-order chi connectivity index (χ1) is 10.3. The molecule has 0 radical (unpaired) electrons. The van der Waals surface area contributed by atoms with E-state index in [0.717, 1.165) is 0 Å². The lowest BCUT2D eigenvalue weighted by atomic mass is 9.84. The molecule has 0 amide bonds. The van der Waals surface area contributed by atoms with Gasteiger partial charge in [-0.25, -0.2) is 0 Å². The summed E-state index contributed by atoms with van der Waals surface area (Å²) in [6.07, 6.45) is -8.38. The Morgan fingerprint density at radius 3 is 2.14 bits per heavy atom. The van der Waals surface area contributed by atoms with Gasteiger partial charge in [0.1, 0.15) is 30.5 Å². The molecule has 10 atom stereocenters. The van der Waals surface area contributed by atoms with E-state index < -0.39 is 67.6 Å². The fourth-order valence-electron chi connectivity index (χ4n) is 2.85. The summed E-state index contributed by atoms with van der Waals surface area (Å²) in [6, 6.07) is -2.46. The number of nitrogens with two attached hydrogens (primary N) is 3. The standard InChI is InChI=1S/C12H25N3O7/c13-3-1-4(14)11(10(20)7(3)17)22-12-9(19)6(15)8(18)5(2-16)21-12/h3-12,16-20H,1-2,13-15H2/t3?,4-,5-,6?,7-,8+,9?,10?,11-,12+/m1/s1. The smallest absolute Gasteiger partial charge is 0.186 e. The van der Waals surface area contributed by atoms with E-state index in [4.69, 9.17) is 31.8 Å². The van der Waals surface area contributed by atoms with Crippen molar-refractivity contribution < 1.29 is 35.0 Å². The third kappa shape index (κ3) is 3.26. The highest BCUT2D eigenvalue weighted by molar-refractivity contribution is 4.99. The molecule has 1 saturated carbocycles. The quantitative estimate of drug-likeness (QED) is 0.248. The summed E-state index contributed by atoms with van der Waals surface area (Å²) in [7, 11) is 0. The van der Waals surface area contributed by atoms with Crippen LogP contribution in [0.4, 0.5) is 0 Å². The minimum absolute atomic E-state index is 0.212. The molecule has 0 spiro atoms. The SMILES string of the molecule is NC1C[C@@H](N)[C@@H](O[C@@H]2O[C@H](CO)[C@H](O)C(N)C2O)C(O)[C@@H]1O. The third-order valence-electron chi connectivity index (χ3n) is 4.32. The third-order valence-corrected chi connectivity index (χ3v) is 4.32. The predicted molar refractivity (Wildman–Crippen MR) is 73.2 cm³/mol. The lowest BCUT2D eigenvalue weighted by molar-refractivity contribution is -0.304. The van der Waals surface area contributed by atoms with Gasteiger partial charge in [0.2, 0.25) is 0 Å². The van der Waals surface area contributed by atoms with E-state index in [1.165, 1.54) is 0 Å². The summed E-state index contributed by atoms with van der Waals surface area (Å²) < 4.78 is 10.7. The molecule has 1 heterocycles. The summed E-state index contributed by atoms with van der Waals surface area (Å²) in [5.74, 6) is 0. The first-order valence-electron chi connectivity index (χ1n) is 7.18. The van der Waals surface area contributed by atoms with Gasteiger partial charge in [0, 0.05) is 12.1 Å². The van der Waals surface area contributed by atoms with Crippen molar-refractivity contribution in [3.8, 4) is 0 Å². The molecular formula is C12H25N3O7. The van der Waals surface area contributed by atoms with E-state index in [-0.39, 0.29) is 6.42 Å². The highest BCUT2D eigenvalue weighted by Gasteiger charge is 2.48. The van der Waals surface area contributed by atoms with Gasteiger partial charge in [-0.2, -0.15) is 0 Å². The molecule has 130 valence electrons. The zero-order chi connectivity index (χ0) is 16.6. The van der Waals surface area contributed by atoms with E-state index in [9.17, 15) is 20.4 Å². The number of hydrogen-bond donors (Lipinski definition) is 8. The maximum Gasteiger partial charge on any atom is 0.186 e. The maximum atomic E-state index is 10.0. The van der Waals surface area contributed by atoms with E-state index >= 15 is 0 Å². The minimum Gasteiger partial charge on any atom is -0.394 e. The van der Waals surface area contributed by atoms with Crippen molar-refractivity contribution in [3.05, 3.63) is 0 Å². The molecule has 2 aliphatic rings. The van der Waals surface area contributed by atoms with Gasteiger partial charge in [-0.15, -0.1) is 0 Å². The van der Waals surface area contributed by atoms with Gasteiger partial charge in [-0.1, -0.05) is 0 Å². The highest BCUT2D eigenvalue weighted by Crippen LogP contribution is 2.27. The molecule has 1 aliphatic carbocycles. The van der Waals surface area contributed by atoms with E-state index in [2.05, 4.69) is 0 Å². The van der Waals surface area contributed by atoms with Crippen LogP contribution in [0, 0.1) is 0 Å². The summed E-state index contributed by atoms with van der Waals surface area (Å²) in [4.78, 5) is 0. The molecule has 0 bridgehead atoms.